The number of likely N-dealkylation sites (tertiary alicyclic amines) is 1. The summed E-state index contributed by atoms with van der Waals surface area (Å²) in [6, 6.07) is 8.56. The molecular weight excluding hydrogens is 413 g/mol. The molecular formula is C23H26FN5O3. The molecule has 1 fully saturated rings. The van der Waals surface area contributed by atoms with Gasteiger partial charge in [-0.15, -0.1) is 0 Å². The third-order valence-electron chi connectivity index (χ3n) is 5.46. The van der Waals surface area contributed by atoms with Crippen molar-refractivity contribution >= 4 is 22.9 Å². The van der Waals surface area contributed by atoms with Crippen molar-refractivity contribution in [3.05, 3.63) is 48.2 Å². The normalized spacial score (nSPS) is 15.2. The van der Waals surface area contributed by atoms with Crippen molar-refractivity contribution in [2.45, 2.75) is 45.3 Å². The molecule has 0 saturated carbocycles. The Labute approximate surface area is 185 Å². The smallest absolute Gasteiger partial charge is 0.410 e. The summed E-state index contributed by atoms with van der Waals surface area (Å²) in [5, 5.41) is 5.13. The van der Waals surface area contributed by atoms with E-state index in [1.54, 1.807) is 17.0 Å². The summed E-state index contributed by atoms with van der Waals surface area (Å²) in [5.74, 6) is -1.21. The second-order valence-corrected chi connectivity index (χ2v) is 8.96. The van der Waals surface area contributed by atoms with Crippen LogP contribution in [0.5, 0.6) is 0 Å². The Morgan fingerprint density at radius 3 is 2.44 bits per heavy atom. The van der Waals surface area contributed by atoms with Gasteiger partial charge < -0.3 is 15.4 Å². The van der Waals surface area contributed by atoms with E-state index in [1.807, 2.05) is 37.6 Å². The van der Waals surface area contributed by atoms with Crippen LogP contribution in [0.3, 0.4) is 0 Å². The second kappa shape index (κ2) is 8.22. The van der Waals surface area contributed by atoms with Gasteiger partial charge in [-0.25, -0.2) is 9.78 Å². The Morgan fingerprint density at radius 1 is 1.12 bits per heavy atom. The molecule has 168 valence electrons. The molecule has 0 bridgehead atoms. The number of carbonyl (C=O) groups is 2. The summed E-state index contributed by atoms with van der Waals surface area (Å²) in [6.45, 7) is 6.58. The third kappa shape index (κ3) is 4.42. The molecule has 1 aliphatic heterocycles. The SMILES string of the molecule is CC(C)(C)OC(=O)N1CCC(n2nc(C(N)=O)c3cc(-c4ccnc(F)c4)ccc32)CC1. The van der Waals surface area contributed by atoms with Gasteiger partial charge in [0, 0.05) is 30.7 Å². The van der Waals surface area contributed by atoms with E-state index in [0.717, 1.165) is 11.1 Å². The number of hydrogen-bond donors (Lipinski definition) is 1. The molecule has 2 amide bonds. The second-order valence-electron chi connectivity index (χ2n) is 8.96. The number of nitrogens with zero attached hydrogens (tertiary/aromatic N) is 4. The first kappa shape index (κ1) is 21.7. The molecule has 4 rings (SSSR count). The highest BCUT2D eigenvalue weighted by Gasteiger charge is 2.29. The molecule has 0 radical (unpaired) electrons. The molecule has 1 aromatic carbocycles. The quantitative estimate of drug-likeness (QED) is 0.623. The molecule has 9 heteroatoms. The predicted octanol–water partition coefficient (Wildman–Crippen LogP) is 3.91. The highest BCUT2D eigenvalue weighted by Crippen LogP contribution is 2.31. The molecule has 3 aromatic rings. The van der Waals surface area contributed by atoms with Crippen molar-refractivity contribution in [3.63, 3.8) is 0 Å². The lowest BCUT2D eigenvalue weighted by molar-refractivity contribution is 0.0186. The zero-order valence-corrected chi connectivity index (χ0v) is 18.3. The van der Waals surface area contributed by atoms with E-state index in [1.165, 1.54) is 12.3 Å². The van der Waals surface area contributed by atoms with Crippen molar-refractivity contribution in [1.29, 1.82) is 0 Å². The Kier molecular flexibility index (Phi) is 5.58. The fourth-order valence-corrected chi connectivity index (χ4v) is 3.98. The molecule has 2 aromatic heterocycles. The highest BCUT2D eigenvalue weighted by atomic mass is 19.1. The fourth-order valence-electron chi connectivity index (χ4n) is 3.98. The molecule has 2 N–H and O–H groups in total. The van der Waals surface area contributed by atoms with Gasteiger partial charge in [0.2, 0.25) is 5.95 Å². The van der Waals surface area contributed by atoms with Gasteiger partial charge in [-0.2, -0.15) is 9.49 Å². The summed E-state index contributed by atoms with van der Waals surface area (Å²) < 4.78 is 20.8. The number of rotatable bonds is 3. The minimum Gasteiger partial charge on any atom is -0.444 e. The van der Waals surface area contributed by atoms with E-state index in [4.69, 9.17) is 10.5 Å². The maximum absolute atomic E-state index is 13.6. The number of carbonyl (C=O) groups excluding carboxylic acids is 2. The maximum Gasteiger partial charge on any atom is 0.410 e. The monoisotopic (exact) mass is 439 g/mol. The van der Waals surface area contributed by atoms with Gasteiger partial charge in [-0.1, -0.05) is 6.07 Å². The van der Waals surface area contributed by atoms with Crippen LogP contribution in [0.2, 0.25) is 0 Å². The number of nitrogens with two attached hydrogens (primary N) is 1. The number of hydrogen-bond acceptors (Lipinski definition) is 5. The van der Waals surface area contributed by atoms with Crippen LogP contribution >= 0.6 is 0 Å². The van der Waals surface area contributed by atoms with E-state index >= 15 is 0 Å². The van der Waals surface area contributed by atoms with Gasteiger partial charge >= 0.3 is 6.09 Å². The topological polar surface area (TPSA) is 103 Å². The Balaban J connectivity index is 1.61. The summed E-state index contributed by atoms with van der Waals surface area (Å²) in [4.78, 5) is 29.7. The number of halogens is 1. The molecule has 1 aliphatic rings. The van der Waals surface area contributed by atoms with Crippen LogP contribution in [0.15, 0.2) is 36.5 Å². The third-order valence-corrected chi connectivity index (χ3v) is 5.46. The number of amides is 2. The van der Waals surface area contributed by atoms with Gasteiger partial charge in [-0.3, -0.25) is 9.48 Å². The molecule has 1 saturated heterocycles. The summed E-state index contributed by atoms with van der Waals surface area (Å²) in [6.07, 6.45) is 2.41. The Morgan fingerprint density at radius 2 is 1.81 bits per heavy atom. The lowest BCUT2D eigenvalue weighted by atomic mass is 10.0. The zero-order chi connectivity index (χ0) is 23.0. The van der Waals surface area contributed by atoms with Crippen molar-refractivity contribution in [2.24, 2.45) is 5.73 Å². The number of aromatic nitrogens is 3. The number of ether oxygens (including phenoxy) is 1. The average molecular weight is 439 g/mol. The van der Waals surface area contributed by atoms with Crippen LogP contribution in [-0.4, -0.2) is 50.4 Å². The van der Waals surface area contributed by atoms with Gasteiger partial charge in [-0.05, 0) is 62.9 Å². The molecule has 8 nitrogen and oxygen atoms in total. The van der Waals surface area contributed by atoms with Crippen LogP contribution in [0.4, 0.5) is 9.18 Å². The van der Waals surface area contributed by atoms with E-state index in [-0.39, 0.29) is 17.8 Å². The van der Waals surface area contributed by atoms with Crippen LogP contribution in [0, 0.1) is 5.95 Å². The van der Waals surface area contributed by atoms with E-state index < -0.39 is 17.5 Å². The van der Waals surface area contributed by atoms with Crippen LogP contribution in [0.1, 0.15) is 50.1 Å². The van der Waals surface area contributed by atoms with Crippen LogP contribution in [-0.2, 0) is 4.74 Å². The van der Waals surface area contributed by atoms with Crippen LogP contribution in [0.25, 0.3) is 22.0 Å². The minimum atomic E-state index is -0.627. The number of benzene rings is 1. The molecule has 0 unspecified atom stereocenters. The van der Waals surface area contributed by atoms with Gasteiger partial charge in [0.15, 0.2) is 5.69 Å². The standard InChI is InChI=1S/C23H26FN5O3/c1-23(2,3)32-22(31)28-10-7-16(8-11-28)29-18-5-4-14(15-6-9-26-19(24)13-15)12-17(18)20(27-29)21(25)30/h4-6,9,12-13,16H,7-8,10-11H2,1-3H3,(H2,25,30). The van der Waals surface area contributed by atoms with Gasteiger partial charge in [0.25, 0.3) is 5.91 Å². The predicted molar refractivity (Wildman–Crippen MR) is 118 cm³/mol. The van der Waals surface area contributed by atoms with Crippen molar-refractivity contribution < 1.29 is 18.7 Å². The Hall–Kier alpha value is -3.49. The number of primary amides is 1. The zero-order valence-electron chi connectivity index (χ0n) is 18.3. The number of piperidine rings is 1. The average Bonchev–Trinajstić information content (AvgIpc) is 3.12. The lowest BCUT2D eigenvalue weighted by Crippen LogP contribution is -2.42. The van der Waals surface area contributed by atoms with Crippen LogP contribution < -0.4 is 5.73 Å². The fraction of sp³-hybridized carbons (Fsp3) is 0.391. The largest absolute Gasteiger partial charge is 0.444 e. The van der Waals surface area contributed by atoms with Gasteiger partial charge in [0.05, 0.1) is 11.6 Å². The number of pyridine rings is 1. The highest BCUT2D eigenvalue weighted by molar-refractivity contribution is 6.05. The first-order valence-electron chi connectivity index (χ1n) is 10.5. The summed E-state index contributed by atoms with van der Waals surface area (Å²) >= 11 is 0. The van der Waals surface area contributed by atoms with E-state index in [9.17, 15) is 14.0 Å². The maximum atomic E-state index is 13.6. The molecule has 0 aliphatic carbocycles. The molecule has 3 heterocycles. The first-order chi connectivity index (χ1) is 15.1. The van der Waals surface area contributed by atoms with Crippen molar-refractivity contribution in [3.8, 4) is 11.1 Å². The minimum absolute atomic E-state index is 0.00788. The summed E-state index contributed by atoms with van der Waals surface area (Å²) in [5.41, 5.74) is 7.38. The summed E-state index contributed by atoms with van der Waals surface area (Å²) in [7, 11) is 0. The lowest BCUT2D eigenvalue weighted by Gasteiger charge is -2.33. The van der Waals surface area contributed by atoms with Crippen molar-refractivity contribution in [2.75, 3.05) is 13.1 Å². The molecule has 0 spiro atoms. The number of fused-ring (bicyclic) bond motifs is 1. The van der Waals surface area contributed by atoms with Gasteiger partial charge in [0.1, 0.15) is 5.60 Å². The Bertz CT molecular complexity index is 1180. The molecule has 32 heavy (non-hydrogen) atoms. The van der Waals surface area contributed by atoms with E-state index in [2.05, 4.69) is 10.1 Å². The van der Waals surface area contributed by atoms with Crippen molar-refractivity contribution in [1.82, 2.24) is 19.7 Å². The first-order valence-corrected chi connectivity index (χ1v) is 10.5. The molecule has 0 atom stereocenters. The van der Waals surface area contributed by atoms with E-state index in [0.29, 0.717) is 36.9 Å².